The summed E-state index contributed by atoms with van der Waals surface area (Å²) in [7, 11) is -2.23. The topological polar surface area (TPSA) is 49.4 Å². The second kappa shape index (κ2) is 6.55. The number of nitrogens with one attached hydrogen (secondary N) is 1. The van der Waals surface area contributed by atoms with E-state index in [4.69, 9.17) is 0 Å². The van der Waals surface area contributed by atoms with Gasteiger partial charge in [0, 0.05) is 13.6 Å². The molecule has 1 aromatic heterocycles. The molecule has 114 valence electrons. The highest BCUT2D eigenvalue weighted by Gasteiger charge is 2.23. The first-order valence-electron chi connectivity index (χ1n) is 6.47. The molecule has 0 saturated heterocycles. The molecule has 7 heteroatoms. The fraction of sp³-hybridized carbons (Fsp3) is 0.286. The van der Waals surface area contributed by atoms with E-state index < -0.39 is 15.8 Å². The van der Waals surface area contributed by atoms with Crippen LogP contribution in [0.5, 0.6) is 0 Å². The highest BCUT2D eigenvalue weighted by Crippen LogP contribution is 2.27. The van der Waals surface area contributed by atoms with Crippen molar-refractivity contribution < 1.29 is 12.8 Å². The van der Waals surface area contributed by atoms with Crippen LogP contribution in [0.15, 0.2) is 39.9 Å². The first-order chi connectivity index (χ1) is 9.95. The van der Waals surface area contributed by atoms with Crippen LogP contribution >= 0.6 is 11.3 Å². The van der Waals surface area contributed by atoms with Crippen molar-refractivity contribution in [2.75, 3.05) is 17.9 Å². The Kier molecular flexibility index (Phi) is 4.97. The maximum Gasteiger partial charge on any atom is 0.273 e. The number of nitrogens with zero attached hydrogens (tertiary/aromatic N) is 1. The molecule has 1 N–H and O–H groups in total. The van der Waals surface area contributed by atoms with E-state index in [-0.39, 0.29) is 4.21 Å². The monoisotopic (exact) mass is 328 g/mol. The van der Waals surface area contributed by atoms with Gasteiger partial charge in [0.1, 0.15) is 10.0 Å². The second-order valence-electron chi connectivity index (χ2n) is 4.51. The minimum atomic E-state index is -3.66. The van der Waals surface area contributed by atoms with Crippen LogP contribution in [0.4, 0.5) is 10.1 Å². The summed E-state index contributed by atoms with van der Waals surface area (Å²) in [6.45, 7) is 3.44. The third-order valence-electron chi connectivity index (χ3n) is 3.00. The standard InChI is InChI=1S/C14H17FN2O2S2/c1-3-16-9-11-7-14(20-10-11)21(18,19)17(2)13-6-4-5-12(15)8-13/h4-8,10,16H,3,9H2,1-2H3. The summed E-state index contributed by atoms with van der Waals surface area (Å²) in [6, 6.07) is 7.18. The molecule has 0 unspecified atom stereocenters. The van der Waals surface area contributed by atoms with Crippen molar-refractivity contribution in [1.82, 2.24) is 5.32 Å². The average molecular weight is 328 g/mol. The minimum Gasteiger partial charge on any atom is -0.313 e. The smallest absolute Gasteiger partial charge is 0.273 e. The fourth-order valence-electron chi connectivity index (χ4n) is 1.80. The number of anilines is 1. The molecule has 2 rings (SSSR count). The summed E-state index contributed by atoms with van der Waals surface area (Å²) in [5.74, 6) is -0.464. The Morgan fingerprint density at radius 3 is 2.76 bits per heavy atom. The average Bonchev–Trinajstić information content (AvgIpc) is 2.93. The van der Waals surface area contributed by atoms with E-state index in [1.165, 1.54) is 36.6 Å². The number of sulfonamides is 1. The van der Waals surface area contributed by atoms with Crippen LogP contribution in [0.3, 0.4) is 0 Å². The van der Waals surface area contributed by atoms with E-state index in [0.29, 0.717) is 12.2 Å². The lowest BCUT2D eigenvalue weighted by Gasteiger charge is -2.18. The van der Waals surface area contributed by atoms with E-state index in [0.717, 1.165) is 16.4 Å². The van der Waals surface area contributed by atoms with Gasteiger partial charge in [-0.3, -0.25) is 4.31 Å². The zero-order valence-corrected chi connectivity index (χ0v) is 13.5. The van der Waals surface area contributed by atoms with E-state index in [1.54, 1.807) is 12.1 Å². The number of rotatable bonds is 6. The number of halogens is 1. The highest BCUT2D eigenvalue weighted by molar-refractivity contribution is 7.94. The molecule has 21 heavy (non-hydrogen) atoms. The first kappa shape index (κ1) is 15.9. The van der Waals surface area contributed by atoms with Crippen molar-refractivity contribution in [2.45, 2.75) is 17.7 Å². The van der Waals surface area contributed by atoms with Gasteiger partial charge < -0.3 is 5.32 Å². The molecule has 0 fully saturated rings. The lowest BCUT2D eigenvalue weighted by Crippen LogP contribution is -2.25. The molecular weight excluding hydrogens is 311 g/mol. The van der Waals surface area contributed by atoms with Crippen molar-refractivity contribution in [3.63, 3.8) is 0 Å². The largest absolute Gasteiger partial charge is 0.313 e. The van der Waals surface area contributed by atoms with Gasteiger partial charge in [-0.2, -0.15) is 0 Å². The van der Waals surface area contributed by atoms with Crippen LogP contribution < -0.4 is 9.62 Å². The third kappa shape index (κ3) is 3.61. The van der Waals surface area contributed by atoms with Gasteiger partial charge in [-0.25, -0.2) is 12.8 Å². The SMILES string of the molecule is CCNCc1csc(S(=O)(=O)N(C)c2cccc(F)c2)c1. The van der Waals surface area contributed by atoms with Gasteiger partial charge >= 0.3 is 0 Å². The molecule has 1 heterocycles. The van der Waals surface area contributed by atoms with Crippen LogP contribution in [-0.4, -0.2) is 22.0 Å². The Bertz CT molecular complexity index is 713. The number of hydrogen-bond donors (Lipinski definition) is 1. The van der Waals surface area contributed by atoms with Gasteiger partial charge in [-0.1, -0.05) is 13.0 Å². The summed E-state index contributed by atoms with van der Waals surface area (Å²) in [4.78, 5) is 0. The molecule has 1 aromatic carbocycles. The molecule has 0 aliphatic carbocycles. The molecule has 0 bridgehead atoms. The normalized spacial score (nSPS) is 11.6. The van der Waals surface area contributed by atoms with Crippen molar-refractivity contribution in [1.29, 1.82) is 0 Å². The summed E-state index contributed by atoms with van der Waals surface area (Å²) in [5.41, 5.74) is 1.23. The van der Waals surface area contributed by atoms with E-state index in [9.17, 15) is 12.8 Å². The minimum absolute atomic E-state index is 0.252. The van der Waals surface area contributed by atoms with Crippen molar-refractivity contribution >= 4 is 27.0 Å². The molecule has 4 nitrogen and oxygen atoms in total. The van der Waals surface area contributed by atoms with E-state index >= 15 is 0 Å². The predicted octanol–water partition coefficient (Wildman–Crippen LogP) is 2.82. The molecular formula is C14H17FN2O2S2. The van der Waals surface area contributed by atoms with Crippen LogP contribution in [0, 0.1) is 5.82 Å². The van der Waals surface area contributed by atoms with Gasteiger partial charge in [0.15, 0.2) is 0 Å². The molecule has 0 aliphatic rings. The van der Waals surface area contributed by atoms with E-state index in [1.807, 2.05) is 12.3 Å². The molecule has 0 saturated carbocycles. The van der Waals surface area contributed by atoms with Gasteiger partial charge in [-0.05, 0) is 41.8 Å². The van der Waals surface area contributed by atoms with Crippen molar-refractivity contribution in [3.8, 4) is 0 Å². The zero-order chi connectivity index (χ0) is 15.5. The lowest BCUT2D eigenvalue weighted by molar-refractivity contribution is 0.596. The highest BCUT2D eigenvalue weighted by atomic mass is 32.2. The maximum absolute atomic E-state index is 13.2. The number of benzene rings is 1. The summed E-state index contributed by atoms with van der Waals surface area (Å²) < 4.78 is 39.6. The van der Waals surface area contributed by atoms with Crippen LogP contribution in [-0.2, 0) is 16.6 Å². The summed E-state index contributed by atoms with van der Waals surface area (Å²) in [6.07, 6.45) is 0. The summed E-state index contributed by atoms with van der Waals surface area (Å²) >= 11 is 1.17. The Morgan fingerprint density at radius 1 is 1.33 bits per heavy atom. The Balaban J connectivity index is 2.26. The Morgan fingerprint density at radius 2 is 2.10 bits per heavy atom. The van der Waals surface area contributed by atoms with Crippen molar-refractivity contribution in [2.24, 2.45) is 0 Å². The third-order valence-corrected chi connectivity index (χ3v) is 6.24. The molecule has 2 aromatic rings. The maximum atomic E-state index is 13.2. The number of thiophene rings is 1. The van der Waals surface area contributed by atoms with Gasteiger partial charge in [-0.15, -0.1) is 11.3 Å². The Labute approximate surface area is 128 Å². The molecule has 0 amide bonds. The first-order valence-corrected chi connectivity index (χ1v) is 8.79. The quantitative estimate of drug-likeness (QED) is 0.887. The fourth-order valence-corrected chi connectivity index (χ4v) is 4.36. The van der Waals surface area contributed by atoms with Gasteiger partial charge in [0.2, 0.25) is 0 Å². The predicted molar refractivity (Wildman–Crippen MR) is 83.7 cm³/mol. The summed E-state index contributed by atoms with van der Waals surface area (Å²) in [5, 5.41) is 4.96. The molecule has 0 aliphatic heterocycles. The van der Waals surface area contributed by atoms with Crippen LogP contribution in [0.25, 0.3) is 0 Å². The molecule has 0 atom stereocenters. The van der Waals surface area contributed by atoms with Crippen LogP contribution in [0.1, 0.15) is 12.5 Å². The second-order valence-corrected chi connectivity index (χ2v) is 7.61. The number of hydrogen-bond acceptors (Lipinski definition) is 4. The zero-order valence-electron chi connectivity index (χ0n) is 11.8. The molecule has 0 radical (unpaired) electrons. The van der Waals surface area contributed by atoms with Crippen molar-refractivity contribution in [3.05, 3.63) is 47.1 Å². The Hall–Kier alpha value is -1.44. The van der Waals surface area contributed by atoms with Gasteiger partial charge in [0.05, 0.1) is 5.69 Å². The lowest BCUT2D eigenvalue weighted by atomic mass is 10.3. The van der Waals surface area contributed by atoms with Gasteiger partial charge in [0.25, 0.3) is 10.0 Å². The van der Waals surface area contributed by atoms with E-state index in [2.05, 4.69) is 5.32 Å². The molecule has 0 spiro atoms. The van der Waals surface area contributed by atoms with Crippen LogP contribution in [0.2, 0.25) is 0 Å².